The average molecular weight is 340 g/mol. The number of nitrogens with one attached hydrogen (secondary N) is 1. The molecule has 0 bridgehead atoms. The summed E-state index contributed by atoms with van der Waals surface area (Å²) in [6.07, 6.45) is 8.09. The Hall–Kier alpha value is -2.14. The van der Waals surface area contributed by atoms with Crippen LogP contribution in [0.3, 0.4) is 0 Å². The molecule has 3 rings (SSSR count). The Bertz CT molecular complexity index is 682. The number of nitrogens with zero attached hydrogens (tertiary/aromatic N) is 3. The van der Waals surface area contributed by atoms with Crippen molar-refractivity contribution in [3.63, 3.8) is 0 Å². The molecule has 0 aliphatic carbocycles. The van der Waals surface area contributed by atoms with Gasteiger partial charge in [-0.3, -0.25) is 9.78 Å². The SMILES string of the molecule is C[C@@H]1CCCN(C[C@@H](C)NC(=O)c2cccn2Cc2ccncc2)C1. The molecule has 0 saturated carbocycles. The Labute approximate surface area is 150 Å². The van der Waals surface area contributed by atoms with Crippen LogP contribution in [0.1, 0.15) is 42.7 Å². The van der Waals surface area contributed by atoms with Gasteiger partial charge >= 0.3 is 0 Å². The molecule has 1 aliphatic heterocycles. The van der Waals surface area contributed by atoms with Crippen molar-refractivity contribution in [2.24, 2.45) is 5.92 Å². The summed E-state index contributed by atoms with van der Waals surface area (Å²) in [6.45, 7) is 8.27. The highest BCUT2D eigenvalue weighted by atomic mass is 16.2. The normalized spacial score (nSPS) is 19.5. The quantitative estimate of drug-likeness (QED) is 0.880. The zero-order valence-electron chi connectivity index (χ0n) is 15.2. The van der Waals surface area contributed by atoms with E-state index in [2.05, 4.69) is 29.0 Å². The predicted molar refractivity (Wildman–Crippen MR) is 99.5 cm³/mol. The standard InChI is InChI=1S/C20H28N4O/c1-16-5-3-11-23(13-16)14-17(2)22-20(25)19-6-4-12-24(19)15-18-7-9-21-10-8-18/h4,6-10,12,16-17H,3,5,11,13-15H2,1-2H3,(H,22,25)/t16-,17-/m1/s1. The van der Waals surface area contributed by atoms with Gasteiger partial charge in [0.2, 0.25) is 0 Å². The summed E-state index contributed by atoms with van der Waals surface area (Å²) < 4.78 is 1.99. The van der Waals surface area contributed by atoms with Crippen molar-refractivity contribution in [3.05, 3.63) is 54.1 Å². The van der Waals surface area contributed by atoms with Gasteiger partial charge in [0.15, 0.2) is 0 Å². The number of aromatic nitrogens is 2. The summed E-state index contributed by atoms with van der Waals surface area (Å²) in [7, 11) is 0. The second-order valence-electron chi connectivity index (χ2n) is 7.26. The van der Waals surface area contributed by atoms with Crippen LogP contribution < -0.4 is 5.32 Å². The third-order valence-corrected chi connectivity index (χ3v) is 4.82. The molecule has 0 spiro atoms. The summed E-state index contributed by atoms with van der Waals surface area (Å²) in [5.41, 5.74) is 1.84. The van der Waals surface area contributed by atoms with Crippen molar-refractivity contribution in [1.82, 2.24) is 19.8 Å². The number of likely N-dealkylation sites (tertiary alicyclic amines) is 1. The minimum absolute atomic E-state index is 0.00314. The van der Waals surface area contributed by atoms with Gasteiger partial charge in [-0.05, 0) is 62.1 Å². The van der Waals surface area contributed by atoms with Crippen LogP contribution in [-0.4, -0.2) is 46.0 Å². The average Bonchev–Trinajstić information content (AvgIpc) is 3.04. The number of carbonyl (C=O) groups is 1. The lowest BCUT2D eigenvalue weighted by molar-refractivity contribution is 0.0911. The van der Waals surface area contributed by atoms with E-state index < -0.39 is 0 Å². The number of pyridine rings is 1. The lowest BCUT2D eigenvalue weighted by atomic mass is 10.00. The van der Waals surface area contributed by atoms with Crippen LogP contribution in [0.2, 0.25) is 0 Å². The smallest absolute Gasteiger partial charge is 0.268 e. The van der Waals surface area contributed by atoms with Gasteiger partial charge < -0.3 is 14.8 Å². The highest BCUT2D eigenvalue weighted by Crippen LogP contribution is 2.15. The van der Waals surface area contributed by atoms with Gasteiger partial charge in [0.25, 0.3) is 5.91 Å². The number of piperidine rings is 1. The topological polar surface area (TPSA) is 50.2 Å². The molecule has 0 radical (unpaired) electrons. The molecule has 25 heavy (non-hydrogen) atoms. The lowest BCUT2D eigenvalue weighted by Gasteiger charge is -2.32. The molecule has 1 aliphatic rings. The monoisotopic (exact) mass is 340 g/mol. The number of carbonyl (C=O) groups excluding carboxylic acids is 1. The third kappa shape index (κ3) is 4.92. The van der Waals surface area contributed by atoms with Crippen molar-refractivity contribution < 1.29 is 4.79 Å². The molecular weight excluding hydrogens is 312 g/mol. The highest BCUT2D eigenvalue weighted by molar-refractivity contribution is 5.93. The van der Waals surface area contributed by atoms with Crippen molar-refractivity contribution in [2.75, 3.05) is 19.6 Å². The molecule has 1 saturated heterocycles. The van der Waals surface area contributed by atoms with E-state index in [1.807, 2.05) is 35.0 Å². The summed E-state index contributed by atoms with van der Waals surface area (Å²) in [5, 5.41) is 3.16. The molecule has 3 heterocycles. The van der Waals surface area contributed by atoms with Crippen molar-refractivity contribution in [3.8, 4) is 0 Å². The van der Waals surface area contributed by atoms with Crippen molar-refractivity contribution in [2.45, 2.75) is 39.3 Å². The van der Waals surface area contributed by atoms with Gasteiger partial charge in [-0.25, -0.2) is 0 Å². The number of hydrogen-bond donors (Lipinski definition) is 1. The van der Waals surface area contributed by atoms with Crippen LogP contribution in [-0.2, 0) is 6.54 Å². The third-order valence-electron chi connectivity index (χ3n) is 4.82. The molecule has 1 N–H and O–H groups in total. The molecule has 5 heteroatoms. The Morgan fingerprint density at radius 1 is 1.36 bits per heavy atom. The van der Waals surface area contributed by atoms with Crippen LogP contribution >= 0.6 is 0 Å². The summed E-state index contributed by atoms with van der Waals surface area (Å²) >= 11 is 0. The first-order valence-electron chi connectivity index (χ1n) is 9.19. The van der Waals surface area contributed by atoms with Crippen LogP contribution in [0.4, 0.5) is 0 Å². The Morgan fingerprint density at radius 3 is 2.92 bits per heavy atom. The van der Waals surface area contributed by atoms with E-state index in [0.717, 1.165) is 31.1 Å². The Balaban J connectivity index is 1.57. The van der Waals surface area contributed by atoms with E-state index in [9.17, 15) is 4.79 Å². The molecule has 1 amide bonds. The van der Waals surface area contributed by atoms with Gasteiger partial charge in [-0.2, -0.15) is 0 Å². The van der Waals surface area contributed by atoms with Crippen LogP contribution in [0, 0.1) is 5.92 Å². The predicted octanol–water partition coefficient (Wildman–Crippen LogP) is 2.78. The van der Waals surface area contributed by atoms with Crippen molar-refractivity contribution >= 4 is 5.91 Å². The maximum absolute atomic E-state index is 12.7. The first-order chi connectivity index (χ1) is 12.1. The Morgan fingerprint density at radius 2 is 2.16 bits per heavy atom. The minimum atomic E-state index is -0.00314. The van der Waals surface area contributed by atoms with E-state index in [-0.39, 0.29) is 11.9 Å². The van der Waals surface area contributed by atoms with Crippen molar-refractivity contribution in [1.29, 1.82) is 0 Å². The summed E-state index contributed by atoms with van der Waals surface area (Å²) in [4.78, 5) is 19.2. The highest BCUT2D eigenvalue weighted by Gasteiger charge is 2.20. The number of rotatable bonds is 6. The van der Waals surface area contributed by atoms with Crippen LogP contribution in [0.15, 0.2) is 42.9 Å². The minimum Gasteiger partial charge on any atom is -0.347 e. The fourth-order valence-electron chi connectivity index (χ4n) is 3.63. The maximum atomic E-state index is 12.7. The molecule has 2 aromatic rings. The van der Waals surface area contributed by atoms with Gasteiger partial charge in [0.05, 0.1) is 0 Å². The molecule has 0 unspecified atom stereocenters. The largest absolute Gasteiger partial charge is 0.347 e. The lowest BCUT2D eigenvalue weighted by Crippen LogP contribution is -2.45. The van der Waals surface area contributed by atoms with Crippen LogP contribution in [0.5, 0.6) is 0 Å². The van der Waals surface area contributed by atoms with Gasteiger partial charge in [0, 0.05) is 44.3 Å². The van der Waals surface area contributed by atoms with Gasteiger partial charge in [0.1, 0.15) is 5.69 Å². The number of amides is 1. The molecule has 2 aromatic heterocycles. The zero-order valence-corrected chi connectivity index (χ0v) is 15.2. The second kappa shape index (κ2) is 8.30. The first-order valence-corrected chi connectivity index (χ1v) is 9.19. The van der Waals surface area contributed by atoms with Crippen LogP contribution in [0.25, 0.3) is 0 Å². The van der Waals surface area contributed by atoms with E-state index in [0.29, 0.717) is 12.2 Å². The van der Waals surface area contributed by atoms with E-state index in [4.69, 9.17) is 0 Å². The van der Waals surface area contributed by atoms with E-state index >= 15 is 0 Å². The van der Waals surface area contributed by atoms with Gasteiger partial charge in [-0.1, -0.05) is 6.92 Å². The molecule has 2 atom stereocenters. The fraction of sp³-hybridized carbons (Fsp3) is 0.500. The van der Waals surface area contributed by atoms with Gasteiger partial charge in [-0.15, -0.1) is 0 Å². The molecule has 0 aromatic carbocycles. The summed E-state index contributed by atoms with van der Waals surface area (Å²) in [5.74, 6) is 0.755. The van der Waals surface area contributed by atoms with E-state index in [1.54, 1.807) is 12.4 Å². The second-order valence-corrected chi connectivity index (χ2v) is 7.26. The molecule has 1 fully saturated rings. The zero-order chi connectivity index (χ0) is 17.6. The maximum Gasteiger partial charge on any atom is 0.268 e. The van der Waals surface area contributed by atoms with E-state index in [1.165, 1.54) is 12.8 Å². The molecule has 5 nitrogen and oxygen atoms in total. The summed E-state index contributed by atoms with van der Waals surface area (Å²) in [6, 6.07) is 7.89. The fourth-order valence-corrected chi connectivity index (χ4v) is 3.63. The number of hydrogen-bond acceptors (Lipinski definition) is 3. The molecule has 134 valence electrons. The molecular formula is C20H28N4O. The first kappa shape index (κ1) is 17.7. The Kier molecular flexibility index (Phi) is 5.87.